The summed E-state index contributed by atoms with van der Waals surface area (Å²) in [4.78, 5) is 0. The highest BCUT2D eigenvalue weighted by Gasteiger charge is 2.20. The number of hydrogen-bond acceptors (Lipinski definition) is 0. The molecule has 0 bridgehead atoms. The molecule has 0 aliphatic rings. The largest absolute Gasteiger partial charge is 0.0683 e. The summed E-state index contributed by atoms with van der Waals surface area (Å²) in [6, 6.07) is 90.0. The molecule has 0 saturated carbocycles. The molecule has 0 aliphatic heterocycles. The molecular weight excluding hydrogens is 1510 g/mol. The number of rotatable bonds is 4. The molecule has 11 rings (SSSR count). The maximum absolute atomic E-state index is 2.30. The first-order valence-corrected chi connectivity index (χ1v) is 49.0. The molecule has 11 aromatic rings. The van der Waals surface area contributed by atoms with Crippen molar-refractivity contribution in [3.05, 3.63) is 343 Å². The first-order valence-electron chi connectivity index (χ1n) is 49.0. The van der Waals surface area contributed by atoms with E-state index < -0.39 is 0 Å². The minimum atomic E-state index is 0.209. The summed E-state index contributed by atoms with van der Waals surface area (Å²) in [6.45, 7) is 113. The van der Waals surface area contributed by atoms with Gasteiger partial charge < -0.3 is 0 Å². The molecular formula is C126H200. The second-order valence-electron chi connectivity index (χ2n) is 36.4. The topological polar surface area (TPSA) is 0 Å². The maximum atomic E-state index is 2.30. The first kappa shape index (κ1) is 131. The molecule has 0 saturated heterocycles. The van der Waals surface area contributed by atoms with Gasteiger partial charge in [-0.3, -0.25) is 0 Å². The van der Waals surface area contributed by atoms with Gasteiger partial charge in [-0.25, -0.2) is 0 Å². The van der Waals surface area contributed by atoms with Gasteiger partial charge >= 0.3 is 0 Å². The molecule has 0 heterocycles. The summed E-state index contributed by atoms with van der Waals surface area (Å²) in [5.41, 5.74) is 35.6. The molecule has 0 spiro atoms. The summed E-state index contributed by atoms with van der Waals surface area (Å²) in [7, 11) is 0. The van der Waals surface area contributed by atoms with Crippen molar-refractivity contribution in [1.82, 2.24) is 0 Å². The van der Waals surface area contributed by atoms with Crippen LogP contribution < -0.4 is 0 Å². The van der Waals surface area contributed by atoms with Crippen molar-refractivity contribution in [2.75, 3.05) is 0 Å². The average molecular weight is 1710 g/mol. The number of hydrogen-bond donors (Lipinski definition) is 0. The van der Waals surface area contributed by atoms with Crippen LogP contribution in [-0.2, 0) is 37.9 Å². The highest BCUT2D eigenvalue weighted by Crippen LogP contribution is 2.34. The number of aryl methyl sites for hydroxylation is 9. The van der Waals surface area contributed by atoms with Gasteiger partial charge in [0.25, 0.3) is 0 Å². The van der Waals surface area contributed by atoms with E-state index in [-0.39, 0.29) is 37.9 Å². The van der Waals surface area contributed by atoms with Gasteiger partial charge in [-0.1, -0.05) is 574 Å². The predicted octanol–water partition coefficient (Wildman–Crippen LogP) is 41.9. The van der Waals surface area contributed by atoms with Gasteiger partial charge in [0.05, 0.1) is 0 Å². The normalized spacial score (nSPS) is 10.1. The SMILES string of the molecule is CC.CC.CC.CC.CC.CC.CC.CC.CC.CC.CC.Cc1ccc(-c2ccc(C(C)(C)C)cc2)cc1.Cc1ccc(-c2cccc(C(C)(C)C)c2)cc1.Cc1ccc(C(C)(C)C)c(C)c1.Cc1ccc(C)c(C(C)(C)C)c1.Cc1cccc(-c2ccc(C(C)(C)C)cc2)c1.Cc1cccc(C(C)(C)C)c1C.Cc1ccccc1-c1ccc(C(C)(C)C)cc1. The Balaban J connectivity index is -0.000000253. The van der Waals surface area contributed by atoms with Crippen LogP contribution in [0.2, 0.25) is 0 Å². The van der Waals surface area contributed by atoms with E-state index in [2.05, 4.69) is 463 Å². The summed E-state index contributed by atoms with van der Waals surface area (Å²) < 4.78 is 0. The minimum Gasteiger partial charge on any atom is -0.0683 e. The fraction of sp³-hybridized carbons (Fsp3) is 0.476. The monoisotopic (exact) mass is 1710 g/mol. The lowest BCUT2D eigenvalue weighted by Crippen LogP contribution is -2.13. The Hall–Kier alpha value is -8.58. The molecule has 0 heteroatoms. The zero-order valence-corrected chi connectivity index (χ0v) is 92.7. The smallest absolute Gasteiger partial charge is 0.0129 e. The Morgan fingerprint density at radius 2 is 0.421 bits per heavy atom. The summed E-state index contributed by atoms with van der Waals surface area (Å²) in [5.74, 6) is 0. The van der Waals surface area contributed by atoms with E-state index in [1.54, 1.807) is 0 Å². The van der Waals surface area contributed by atoms with E-state index in [4.69, 9.17) is 0 Å². The van der Waals surface area contributed by atoms with Crippen LogP contribution >= 0.6 is 0 Å². The van der Waals surface area contributed by atoms with Crippen LogP contribution in [0.1, 0.15) is 392 Å². The molecule has 0 atom stereocenters. The van der Waals surface area contributed by atoms with E-state index in [1.165, 1.54) is 139 Å². The second kappa shape index (κ2) is 69.5. The quantitative estimate of drug-likeness (QED) is 0.165. The highest BCUT2D eigenvalue weighted by molar-refractivity contribution is 5.69. The molecule has 0 nitrogen and oxygen atoms in total. The van der Waals surface area contributed by atoms with E-state index in [0.717, 1.165) is 0 Å². The van der Waals surface area contributed by atoms with Crippen molar-refractivity contribution in [3.8, 4) is 44.5 Å². The Bertz CT molecular complexity index is 4400. The third kappa shape index (κ3) is 52.0. The third-order valence-corrected chi connectivity index (χ3v) is 19.4. The molecule has 0 amide bonds. The average Bonchev–Trinajstić information content (AvgIpc) is 0.817. The molecule has 704 valence electrons. The van der Waals surface area contributed by atoms with E-state index in [0.29, 0.717) is 0 Å². The lowest BCUT2D eigenvalue weighted by atomic mass is 9.83. The van der Waals surface area contributed by atoms with Crippen molar-refractivity contribution in [2.24, 2.45) is 0 Å². The first-order chi connectivity index (χ1) is 59.1. The predicted molar refractivity (Wildman–Crippen MR) is 590 cm³/mol. The molecule has 126 heavy (non-hydrogen) atoms. The second-order valence-corrected chi connectivity index (χ2v) is 36.4. The van der Waals surface area contributed by atoms with Gasteiger partial charge in [-0.15, -0.1) is 0 Å². The van der Waals surface area contributed by atoms with Crippen molar-refractivity contribution in [2.45, 2.75) is 405 Å². The van der Waals surface area contributed by atoms with E-state index in [9.17, 15) is 0 Å². The zero-order valence-electron chi connectivity index (χ0n) is 92.7. The van der Waals surface area contributed by atoms with Crippen molar-refractivity contribution < 1.29 is 0 Å². The van der Waals surface area contributed by atoms with Gasteiger partial charge in [-0.05, 0) is 218 Å². The molecule has 0 aliphatic carbocycles. The van der Waals surface area contributed by atoms with Crippen molar-refractivity contribution in [3.63, 3.8) is 0 Å². The Morgan fingerprint density at radius 3 is 0.738 bits per heavy atom. The standard InChI is InChI=1S/4C17H20.3C12H18.11C2H6/c1-13-5-7-14(8-6-13)15-9-11-16(12-10-15)17(2,3)4;1-13-8-10-14(11-9-13)15-6-5-7-16(12-15)17(2,3)4;1-13-6-5-7-15(12-13)14-8-10-16(11-9-14)17(2,3)4;1-13-7-5-6-8-16(13)14-9-11-15(12-10-14)17(2,3)4;1-9-6-7-11(10(2)8-9)12(3,4)5;1-9-6-7-10(2)11(8-9)12(3,4)5;1-9-7-6-8-11(10(9)2)12(3,4)5;11*1-2/h4*5-12H,1-4H3;3*6-8H,1-5H3;11*1-2H3. The highest BCUT2D eigenvalue weighted by atomic mass is 14.3. The molecule has 0 unspecified atom stereocenters. The maximum Gasteiger partial charge on any atom is -0.0129 e. The van der Waals surface area contributed by atoms with E-state index >= 15 is 0 Å². The summed E-state index contributed by atoms with van der Waals surface area (Å²) >= 11 is 0. The van der Waals surface area contributed by atoms with Crippen LogP contribution in [0, 0.1) is 69.2 Å². The minimum absolute atomic E-state index is 0.209. The zero-order chi connectivity index (χ0) is 99.9. The molecule has 0 aromatic heterocycles. The Kier molecular flexibility index (Phi) is 72.0. The fourth-order valence-electron chi connectivity index (χ4n) is 12.6. The molecule has 11 aromatic carbocycles. The summed E-state index contributed by atoms with van der Waals surface area (Å²) in [5, 5.41) is 0. The van der Waals surface area contributed by atoms with Gasteiger partial charge in [-0.2, -0.15) is 0 Å². The van der Waals surface area contributed by atoms with Crippen LogP contribution in [0.3, 0.4) is 0 Å². The van der Waals surface area contributed by atoms with Crippen LogP contribution in [0.15, 0.2) is 249 Å². The van der Waals surface area contributed by atoms with Crippen LogP contribution in [0.5, 0.6) is 0 Å². The fourth-order valence-corrected chi connectivity index (χ4v) is 12.6. The van der Waals surface area contributed by atoms with Crippen molar-refractivity contribution >= 4 is 0 Å². The van der Waals surface area contributed by atoms with Crippen LogP contribution in [0.4, 0.5) is 0 Å². The van der Waals surface area contributed by atoms with Gasteiger partial charge in [0.15, 0.2) is 0 Å². The molecule has 0 fully saturated rings. The number of benzene rings is 11. The lowest BCUT2D eigenvalue weighted by molar-refractivity contribution is 0.585. The van der Waals surface area contributed by atoms with Gasteiger partial charge in [0.2, 0.25) is 0 Å². The molecule has 0 radical (unpaired) electrons. The Morgan fingerprint density at radius 1 is 0.143 bits per heavy atom. The Labute approximate surface area is 787 Å². The summed E-state index contributed by atoms with van der Waals surface area (Å²) in [6.07, 6.45) is 0. The van der Waals surface area contributed by atoms with Crippen LogP contribution in [-0.4, -0.2) is 0 Å². The third-order valence-electron chi connectivity index (χ3n) is 19.4. The lowest BCUT2D eigenvalue weighted by Gasteiger charge is -2.22. The molecule has 0 N–H and O–H groups in total. The van der Waals surface area contributed by atoms with Gasteiger partial charge in [0, 0.05) is 0 Å². The van der Waals surface area contributed by atoms with E-state index in [1.807, 2.05) is 152 Å². The van der Waals surface area contributed by atoms with Crippen molar-refractivity contribution in [1.29, 1.82) is 0 Å². The van der Waals surface area contributed by atoms with Crippen LogP contribution in [0.25, 0.3) is 44.5 Å². The van der Waals surface area contributed by atoms with Gasteiger partial charge in [0.1, 0.15) is 0 Å².